The SMILES string of the molecule is CC(NC(=O)C(c1ccccc1)c1ccccc1)c1ccc(F)c(F)c1. The summed E-state index contributed by atoms with van der Waals surface area (Å²) in [5.41, 5.74) is 2.25. The molecule has 0 bridgehead atoms. The molecule has 26 heavy (non-hydrogen) atoms. The third-order valence-electron chi connectivity index (χ3n) is 4.33. The number of hydrogen-bond acceptors (Lipinski definition) is 1. The summed E-state index contributed by atoms with van der Waals surface area (Å²) in [5.74, 6) is -2.50. The van der Waals surface area contributed by atoms with Crippen LogP contribution in [0.5, 0.6) is 0 Å². The fourth-order valence-electron chi connectivity index (χ4n) is 2.95. The van der Waals surface area contributed by atoms with Crippen molar-refractivity contribution in [1.29, 1.82) is 0 Å². The zero-order valence-corrected chi connectivity index (χ0v) is 14.3. The van der Waals surface area contributed by atoms with E-state index in [1.807, 2.05) is 60.7 Å². The molecule has 3 rings (SSSR count). The van der Waals surface area contributed by atoms with Gasteiger partial charge < -0.3 is 5.32 Å². The molecule has 0 fully saturated rings. The third kappa shape index (κ3) is 3.97. The van der Waals surface area contributed by atoms with E-state index in [1.54, 1.807) is 6.92 Å². The highest BCUT2D eigenvalue weighted by atomic mass is 19.2. The van der Waals surface area contributed by atoms with Gasteiger partial charge in [0.25, 0.3) is 0 Å². The molecule has 1 amide bonds. The summed E-state index contributed by atoms with van der Waals surface area (Å²) in [6.45, 7) is 1.75. The van der Waals surface area contributed by atoms with Crippen LogP contribution in [-0.2, 0) is 4.79 Å². The van der Waals surface area contributed by atoms with E-state index in [1.165, 1.54) is 6.07 Å². The van der Waals surface area contributed by atoms with Gasteiger partial charge in [0.15, 0.2) is 11.6 Å². The molecule has 1 atom stereocenters. The number of hydrogen-bond donors (Lipinski definition) is 1. The van der Waals surface area contributed by atoms with Crippen molar-refractivity contribution in [2.75, 3.05) is 0 Å². The number of carbonyl (C=O) groups excluding carboxylic acids is 1. The fraction of sp³-hybridized carbons (Fsp3) is 0.136. The fourth-order valence-corrected chi connectivity index (χ4v) is 2.95. The van der Waals surface area contributed by atoms with E-state index in [2.05, 4.69) is 5.32 Å². The van der Waals surface area contributed by atoms with E-state index < -0.39 is 23.6 Å². The number of halogens is 2. The van der Waals surface area contributed by atoms with Crippen LogP contribution in [0, 0.1) is 11.6 Å². The van der Waals surface area contributed by atoms with Crippen LogP contribution >= 0.6 is 0 Å². The molecule has 1 N–H and O–H groups in total. The van der Waals surface area contributed by atoms with Gasteiger partial charge in [0, 0.05) is 0 Å². The maximum absolute atomic E-state index is 13.5. The van der Waals surface area contributed by atoms with Crippen LogP contribution in [0.25, 0.3) is 0 Å². The summed E-state index contributed by atoms with van der Waals surface area (Å²) in [7, 11) is 0. The van der Waals surface area contributed by atoms with Crippen LogP contribution in [-0.4, -0.2) is 5.91 Å². The Kier molecular flexibility index (Phi) is 5.42. The Morgan fingerprint density at radius 1 is 0.769 bits per heavy atom. The van der Waals surface area contributed by atoms with Gasteiger partial charge in [-0.15, -0.1) is 0 Å². The van der Waals surface area contributed by atoms with Gasteiger partial charge in [0.05, 0.1) is 12.0 Å². The van der Waals surface area contributed by atoms with Gasteiger partial charge in [-0.05, 0) is 35.7 Å². The van der Waals surface area contributed by atoms with E-state index in [9.17, 15) is 13.6 Å². The van der Waals surface area contributed by atoms with E-state index in [0.717, 1.165) is 23.3 Å². The Hall–Kier alpha value is -3.01. The number of amides is 1. The van der Waals surface area contributed by atoms with Crippen molar-refractivity contribution >= 4 is 5.91 Å². The lowest BCUT2D eigenvalue weighted by Crippen LogP contribution is -2.32. The van der Waals surface area contributed by atoms with E-state index in [0.29, 0.717) is 5.56 Å². The highest BCUT2D eigenvalue weighted by molar-refractivity contribution is 5.87. The first kappa shape index (κ1) is 17.8. The van der Waals surface area contributed by atoms with E-state index in [-0.39, 0.29) is 5.91 Å². The smallest absolute Gasteiger partial charge is 0.232 e. The van der Waals surface area contributed by atoms with E-state index >= 15 is 0 Å². The van der Waals surface area contributed by atoms with Crippen LogP contribution in [0.4, 0.5) is 8.78 Å². The Morgan fingerprint density at radius 3 is 1.81 bits per heavy atom. The molecule has 4 heteroatoms. The Labute approximate surface area is 151 Å². The first-order valence-corrected chi connectivity index (χ1v) is 8.41. The molecule has 0 aromatic heterocycles. The average Bonchev–Trinajstić information content (AvgIpc) is 2.66. The molecule has 0 heterocycles. The number of benzene rings is 3. The summed E-state index contributed by atoms with van der Waals surface area (Å²) < 4.78 is 26.6. The van der Waals surface area contributed by atoms with Crippen molar-refractivity contribution in [3.63, 3.8) is 0 Å². The van der Waals surface area contributed by atoms with Gasteiger partial charge in [-0.2, -0.15) is 0 Å². The summed E-state index contributed by atoms with van der Waals surface area (Å²) in [5, 5.41) is 2.91. The summed E-state index contributed by atoms with van der Waals surface area (Å²) >= 11 is 0. The molecule has 132 valence electrons. The largest absolute Gasteiger partial charge is 0.349 e. The lowest BCUT2D eigenvalue weighted by molar-refractivity contribution is -0.122. The van der Waals surface area contributed by atoms with Crippen molar-refractivity contribution in [2.45, 2.75) is 18.9 Å². The van der Waals surface area contributed by atoms with Crippen LogP contribution in [0.2, 0.25) is 0 Å². The molecule has 3 aromatic carbocycles. The molecular weight excluding hydrogens is 332 g/mol. The van der Waals surface area contributed by atoms with Crippen molar-refractivity contribution in [3.05, 3.63) is 107 Å². The predicted octanol–water partition coefficient (Wildman–Crippen LogP) is 4.97. The molecule has 0 radical (unpaired) electrons. The normalized spacial score (nSPS) is 12.0. The number of rotatable bonds is 5. The van der Waals surface area contributed by atoms with Crippen molar-refractivity contribution < 1.29 is 13.6 Å². The topological polar surface area (TPSA) is 29.1 Å². The quantitative estimate of drug-likeness (QED) is 0.690. The Balaban J connectivity index is 1.87. The van der Waals surface area contributed by atoms with Crippen LogP contribution in [0.15, 0.2) is 78.9 Å². The zero-order valence-electron chi connectivity index (χ0n) is 14.3. The minimum atomic E-state index is -0.925. The van der Waals surface area contributed by atoms with Crippen LogP contribution in [0.3, 0.4) is 0 Å². The highest BCUT2D eigenvalue weighted by Crippen LogP contribution is 2.26. The molecule has 1 unspecified atom stereocenters. The van der Waals surface area contributed by atoms with Crippen molar-refractivity contribution in [1.82, 2.24) is 5.32 Å². The van der Waals surface area contributed by atoms with E-state index in [4.69, 9.17) is 0 Å². The summed E-state index contributed by atoms with van der Waals surface area (Å²) in [6, 6.07) is 22.2. The molecule has 2 nitrogen and oxygen atoms in total. The number of carbonyl (C=O) groups is 1. The molecule has 3 aromatic rings. The Morgan fingerprint density at radius 2 is 1.31 bits per heavy atom. The Bertz CT molecular complexity index is 842. The maximum atomic E-state index is 13.5. The third-order valence-corrected chi connectivity index (χ3v) is 4.33. The molecule has 0 saturated carbocycles. The molecule has 0 saturated heterocycles. The second kappa shape index (κ2) is 7.91. The van der Waals surface area contributed by atoms with Crippen LogP contribution < -0.4 is 5.32 Å². The molecule has 0 spiro atoms. The molecule has 0 aliphatic carbocycles. The minimum Gasteiger partial charge on any atom is -0.349 e. The second-order valence-corrected chi connectivity index (χ2v) is 6.16. The van der Waals surface area contributed by atoms with Gasteiger partial charge in [0.1, 0.15) is 0 Å². The summed E-state index contributed by atoms with van der Waals surface area (Å²) in [6.07, 6.45) is 0. The zero-order chi connectivity index (χ0) is 18.5. The van der Waals surface area contributed by atoms with Gasteiger partial charge in [0.2, 0.25) is 5.91 Å². The summed E-state index contributed by atoms with van der Waals surface area (Å²) in [4.78, 5) is 13.0. The number of nitrogens with one attached hydrogen (secondary N) is 1. The van der Waals surface area contributed by atoms with Gasteiger partial charge in [-0.3, -0.25) is 4.79 Å². The maximum Gasteiger partial charge on any atom is 0.232 e. The standard InChI is InChI=1S/C22H19F2NO/c1-15(18-12-13-19(23)20(24)14-18)25-22(26)21(16-8-4-2-5-9-16)17-10-6-3-7-11-17/h2-15,21H,1H3,(H,25,26). The minimum absolute atomic E-state index is 0.195. The first-order valence-electron chi connectivity index (χ1n) is 8.41. The van der Waals surface area contributed by atoms with Gasteiger partial charge >= 0.3 is 0 Å². The molecule has 0 aliphatic heterocycles. The van der Waals surface area contributed by atoms with Gasteiger partial charge in [-0.1, -0.05) is 66.7 Å². The lowest BCUT2D eigenvalue weighted by Gasteiger charge is -2.21. The highest BCUT2D eigenvalue weighted by Gasteiger charge is 2.24. The van der Waals surface area contributed by atoms with Crippen molar-refractivity contribution in [2.24, 2.45) is 0 Å². The molecule has 0 aliphatic rings. The van der Waals surface area contributed by atoms with Gasteiger partial charge in [-0.25, -0.2) is 8.78 Å². The lowest BCUT2D eigenvalue weighted by atomic mass is 9.90. The average molecular weight is 351 g/mol. The second-order valence-electron chi connectivity index (χ2n) is 6.16. The predicted molar refractivity (Wildman–Crippen MR) is 97.6 cm³/mol. The van der Waals surface area contributed by atoms with Crippen molar-refractivity contribution in [3.8, 4) is 0 Å². The first-order chi connectivity index (χ1) is 12.6. The molecular formula is C22H19F2NO. The van der Waals surface area contributed by atoms with Crippen LogP contribution in [0.1, 0.15) is 35.6 Å². The monoisotopic (exact) mass is 351 g/mol.